The van der Waals surface area contributed by atoms with E-state index in [9.17, 15) is 9.18 Å². The molecule has 1 aromatic rings. The van der Waals surface area contributed by atoms with Crippen LogP contribution < -0.4 is 10.6 Å². The predicted molar refractivity (Wildman–Crippen MR) is 131 cm³/mol. The van der Waals surface area contributed by atoms with Crippen LogP contribution in [0.1, 0.15) is 24.8 Å². The van der Waals surface area contributed by atoms with Crippen LogP contribution in [0.15, 0.2) is 29.3 Å². The summed E-state index contributed by atoms with van der Waals surface area (Å²) in [5, 5.41) is 6.92. The van der Waals surface area contributed by atoms with E-state index < -0.39 is 0 Å². The van der Waals surface area contributed by atoms with Crippen molar-refractivity contribution in [1.29, 1.82) is 0 Å². The first-order valence-electron chi connectivity index (χ1n) is 10.8. The van der Waals surface area contributed by atoms with Gasteiger partial charge in [-0.3, -0.25) is 9.69 Å². The number of aliphatic imine (C=N–C) groups is 1. The van der Waals surface area contributed by atoms with Crippen LogP contribution in [0.25, 0.3) is 0 Å². The van der Waals surface area contributed by atoms with Crippen molar-refractivity contribution in [2.24, 2.45) is 10.9 Å². The summed E-state index contributed by atoms with van der Waals surface area (Å²) in [7, 11) is 3.48. The van der Waals surface area contributed by atoms with Gasteiger partial charge in [-0.05, 0) is 37.0 Å². The molecule has 3 rings (SSSR count). The molecule has 0 aromatic heterocycles. The maximum absolute atomic E-state index is 13.1. The van der Waals surface area contributed by atoms with E-state index in [1.807, 2.05) is 12.1 Å². The number of hydrogen-bond donors (Lipinski definition) is 2. The Morgan fingerprint density at radius 1 is 1.23 bits per heavy atom. The van der Waals surface area contributed by atoms with Gasteiger partial charge >= 0.3 is 0 Å². The second kappa shape index (κ2) is 13.2. The van der Waals surface area contributed by atoms with E-state index in [1.165, 1.54) is 12.1 Å². The molecule has 2 heterocycles. The normalized spacial score (nSPS) is 20.2. The SMILES string of the molecule is CN(C)C(=O)CN=C(NCC1CCOC1)NC1CCN(Cc2ccc(F)cc2)CC1.I. The number of likely N-dealkylation sites (N-methyl/N-ethyl adjacent to an activating group) is 1. The highest BCUT2D eigenvalue weighted by Crippen LogP contribution is 2.15. The van der Waals surface area contributed by atoms with Crippen LogP contribution >= 0.6 is 24.0 Å². The molecule has 31 heavy (non-hydrogen) atoms. The number of rotatable bonds is 7. The predicted octanol–water partition coefficient (Wildman–Crippen LogP) is 2.07. The van der Waals surface area contributed by atoms with Gasteiger partial charge in [0.15, 0.2) is 5.96 Å². The Bertz CT molecular complexity index is 702. The molecule has 0 radical (unpaired) electrons. The Hall–Kier alpha value is -1.46. The second-order valence-electron chi connectivity index (χ2n) is 8.38. The lowest BCUT2D eigenvalue weighted by atomic mass is 10.0. The molecule has 2 aliphatic heterocycles. The first-order valence-corrected chi connectivity index (χ1v) is 10.8. The first-order chi connectivity index (χ1) is 14.5. The molecule has 0 aliphatic carbocycles. The van der Waals surface area contributed by atoms with Gasteiger partial charge in [-0.1, -0.05) is 12.1 Å². The Balaban J connectivity index is 0.00000341. The average Bonchev–Trinajstić information content (AvgIpc) is 3.26. The third-order valence-electron chi connectivity index (χ3n) is 5.70. The van der Waals surface area contributed by atoms with Crippen LogP contribution in [0.3, 0.4) is 0 Å². The number of ether oxygens (including phenoxy) is 1. The van der Waals surface area contributed by atoms with Crippen molar-refractivity contribution < 1.29 is 13.9 Å². The van der Waals surface area contributed by atoms with Crippen molar-refractivity contribution in [3.05, 3.63) is 35.6 Å². The van der Waals surface area contributed by atoms with Gasteiger partial charge in [-0.15, -0.1) is 24.0 Å². The summed E-state index contributed by atoms with van der Waals surface area (Å²) < 4.78 is 18.5. The summed E-state index contributed by atoms with van der Waals surface area (Å²) in [5.74, 6) is 0.973. The third-order valence-corrected chi connectivity index (χ3v) is 5.70. The van der Waals surface area contributed by atoms with Crippen LogP contribution in [-0.2, 0) is 16.1 Å². The molecule has 9 heteroatoms. The van der Waals surface area contributed by atoms with Gasteiger partial charge in [0.2, 0.25) is 5.91 Å². The molecule has 1 amide bonds. The number of likely N-dealkylation sites (tertiary alicyclic amines) is 1. The van der Waals surface area contributed by atoms with Crippen molar-refractivity contribution in [2.75, 3.05) is 53.5 Å². The molecular weight excluding hydrogens is 512 g/mol. The molecule has 2 fully saturated rings. The highest BCUT2D eigenvalue weighted by Gasteiger charge is 2.21. The summed E-state index contributed by atoms with van der Waals surface area (Å²) in [6.07, 6.45) is 3.05. The maximum atomic E-state index is 13.1. The first kappa shape index (κ1) is 25.8. The van der Waals surface area contributed by atoms with Crippen molar-refractivity contribution in [3.8, 4) is 0 Å². The fraction of sp³-hybridized carbons (Fsp3) is 0.636. The topological polar surface area (TPSA) is 69.2 Å². The zero-order valence-electron chi connectivity index (χ0n) is 18.5. The number of amides is 1. The molecule has 2 aliphatic rings. The van der Waals surface area contributed by atoms with E-state index in [1.54, 1.807) is 19.0 Å². The Kier molecular flexibility index (Phi) is 11.0. The zero-order chi connectivity index (χ0) is 21.3. The van der Waals surface area contributed by atoms with Gasteiger partial charge in [-0.25, -0.2) is 9.38 Å². The van der Waals surface area contributed by atoms with Crippen molar-refractivity contribution in [3.63, 3.8) is 0 Å². The number of benzene rings is 1. The molecule has 1 atom stereocenters. The molecular formula is C22H35FIN5O2. The molecule has 174 valence electrons. The monoisotopic (exact) mass is 547 g/mol. The molecule has 0 saturated carbocycles. The minimum atomic E-state index is -0.196. The zero-order valence-corrected chi connectivity index (χ0v) is 20.8. The smallest absolute Gasteiger partial charge is 0.243 e. The lowest BCUT2D eigenvalue weighted by molar-refractivity contribution is -0.127. The minimum absolute atomic E-state index is 0. The Morgan fingerprint density at radius 2 is 1.94 bits per heavy atom. The van der Waals surface area contributed by atoms with Crippen LogP contribution in [-0.4, -0.2) is 81.2 Å². The highest BCUT2D eigenvalue weighted by molar-refractivity contribution is 14.0. The molecule has 1 unspecified atom stereocenters. The van der Waals surface area contributed by atoms with E-state index in [0.717, 1.165) is 64.2 Å². The molecule has 0 bridgehead atoms. The molecule has 2 N–H and O–H groups in total. The van der Waals surface area contributed by atoms with E-state index in [2.05, 4.69) is 20.5 Å². The van der Waals surface area contributed by atoms with Crippen LogP contribution in [0.5, 0.6) is 0 Å². The number of halogens is 2. The molecule has 1 aromatic carbocycles. The average molecular weight is 547 g/mol. The molecule has 7 nitrogen and oxygen atoms in total. The standard InChI is InChI=1S/C22H34FN5O2.HI/c1-27(2)21(29)14-25-22(24-13-18-9-12-30-16-18)26-20-7-10-28(11-8-20)15-17-3-5-19(23)6-4-17;/h3-6,18,20H,7-16H2,1-2H3,(H2,24,25,26);1H. The van der Waals surface area contributed by atoms with Crippen LogP contribution in [0, 0.1) is 11.7 Å². The van der Waals surface area contributed by atoms with E-state index in [-0.39, 0.29) is 42.2 Å². The van der Waals surface area contributed by atoms with Crippen LogP contribution in [0.2, 0.25) is 0 Å². The fourth-order valence-electron chi connectivity index (χ4n) is 3.70. The second-order valence-corrected chi connectivity index (χ2v) is 8.38. The quantitative estimate of drug-likeness (QED) is 0.311. The van der Waals surface area contributed by atoms with Gasteiger partial charge in [0.05, 0.1) is 6.61 Å². The summed E-state index contributed by atoms with van der Waals surface area (Å²) in [4.78, 5) is 20.4. The largest absolute Gasteiger partial charge is 0.381 e. The van der Waals surface area contributed by atoms with Gasteiger partial charge in [0, 0.05) is 58.8 Å². The number of guanidine groups is 1. The van der Waals surface area contributed by atoms with Crippen LogP contribution in [0.4, 0.5) is 4.39 Å². The number of carbonyl (C=O) groups is 1. The van der Waals surface area contributed by atoms with Crippen molar-refractivity contribution >= 4 is 35.8 Å². The number of nitrogens with zero attached hydrogens (tertiary/aromatic N) is 3. The number of carbonyl (C=O) groups excluding carboxylic acids is 1. The Morgan fingerprint density at radius 3 is 2.55 bits per heavy atom. The number of nitrogens with one attached hydrogen (secondary N) is 2. The third kappa shape index (κ3) is 8.89. The Labute approximate surface area is 201 Å². The molecule has 0 spiro atoms. The van der Waals surface area contributed by atoms with Gasteiger partial charge in [-0.2, -0.15) is 0 Å². The van der Waals surface area contributed by atoms with Crippen molar-refractivity contribution in [2.45, 2.75) is 31.8 Å². The highest BCUT2D eigenvalue weighted by atomic mass is 127. The van der Waals surface area contributed by atoms with E-state index in [4.69, 9.17) is 4.74 Å². The van der Waals surface area contributed by atoms with Gasteiger partial charge in [0.25, 0.3) is 0 Å². The van der Waals surface area contributed by atoms with Gasteiger partial charge in [0.1, 0.15) is 12.4 Å². The van der Waals surface area contributed by atoms with Crippen molar-refractivity contribution in [1.82, 2.24) is 20.4 Å². The summed E-state index contributed by atoms with van der Waals surface area (Å²) in [6, 6.07) is 7.05. The summed E-state index contributed by atoms with van der Waals surface area (Å²) in [5.41, 5.74) is 1.13. The molecule has 2 saturated heterocycles. The van der Waals surface area contributed by atoms with E-state index >= 15 is 0 Å². The number of hydrogen-bond acceptors (Lipinski definition) is 4. The summed E-state index contributed by atoms with van der Waals surface area (Å²) >= 11 is 0. The maximum Gasteiger partial charge on any atom is 0.243 e. The lowest BCUT2D eigenvalue weighted by Crippen LogP contribution is -2.49. The summed E-state index contributed by atoms with van der Waals surface area (Å²) in [6.45, 7) is 5.30. The fourth-order valence-corrected chi connectivity index (χ4v) is 3.70. The number of piperidine rings is 1. The minimum Gasteiger partial charge on any atom is -0.381 e. The lowest BCUT2D eigenvalue weighted by Gasteiger charge is -2.33. The van der Waals surface area contributed by atoms with Gasteiger partial charge < -0.3 is 20.3 Å². The van der Waals surface area contributed by atoms with E-state index in [0.29, 0.717) is 17.9 Å².